The van der Waals surface area contributed by atoms with Gasteiger partial charge in [-0.05, 0) is 23.3 Å². The lowest BCUT2D eigenvalue weighted by atomic mass is 10.00. The highest BCUT2D eigenvalue weighted by Gasteiger charge is 2.36. The monoisotopic (exact) mass is 465 g/mol. The number of hydrazone groups is 1. The molecule has 1 heterocycles. The number of hydrogen-bond acceptors (Lipinski definition) is 7. The Bertz CT molecular complexity index is 1360. The molecule has 0 radical (unpaired) electrons. The molecular weight excluding hydrogens is 446 g/mol. The van der Waals surface area contributed by atoms with Crippen LogP contribution in [0.25, 0.3) is 0 Å². The average Bonchev–Trinajstić information content (AvgIpc) is 2.79. The number of non-ortho nitro benzene ring substituents is 1. The zero-order valence-corrected chi connectivity index (χ0v) is 18.0. The van der Waals surface area contributed by atoms with E-state index < -0.39 is 26.9 Å². The fraction of sp³-hybridized carbons (Fsp3) is 0.0909. The zero-order chi connectivity index (χ0) is 23.6. The van der Waals surface area contributed by atoms with Crippen molar-refractivity contribution in [2.75, 3.05) is 0 Å². The highest BCUT2D eigenvalue weighted by molar-refractivity contribution is 7.89. The van der Waals surface area contributed by atoms with Crippen LogP contribution in [0.15, 0.2) is 88.9 Å². The number of nitrogens with two attached hydrogens (primary N) is 1. The van der Waals surface area contributed by atoms with Gasteiger partial charge in [0.15, 0.2) is 5.84 Å². The molecule has 33 heavy (non-hydrogen) atoms. The van der Waals surface area contributed by atoms with E-state index in [1.54, 1.807) is 23.1 Å². The smallest absolute Gasteiger partial charge is 0.269 e. The van der Waals surface area contributed by atoms with Crippen molar-refractivity contribution >= 4 is 27.5 Å². The van der Waals surface area contributed by atoms with E-state index >= 15 is 0 Å². The molecule has 10 nitrogen and oxygen atoms in total. The molecule has 1 atom stereocenters. The standard InChI is InChI=1S/C22H19N5O5S/c23-33(31,32)19-12-5-4-11-18(19)21-24-25-22(28)20(16-9-6-10-17(13-16)27(29)30)26(21)14-15-7-2-1-3-8-15/h1-13,20H,14H2,(H,25,28)(H2,23,31,32)/t20-/m1/s1. The molecule has 3 aromatic rings. The SMILES string of the molecule is NS(=O)(=O)c1ccccc1C1=NNC(=O)[C@@H](c2cccc([N+](=O)[O-])c2)N1Cc1ccccc1. The highest BCUT2D eigenvalue weighted by atomic mass is 32.2. The zero-order valence-electron chi connectivity index (χ0n) is 17.2. The molecule has 0 aliphatic carbocycles. The van der Waals surface area contributed by atoms with Crippen molar-refractivity contribution in [2.45, 2.75) is 17.5 Å². The Labute approximate surface area is 189 Å². The van der Waals surface area contributed by atoms with Gasteiger partial charge in [-0.2, -0.15) is 5.10 Å². The topological polar surface area (TPSA) is 148 Å². The second-order valence-electron chi connectivity index (χ2n) is 7.32. The summed E-state index contributed by atoms with van der Waals surface area (Å²) in [6.45, 7) is 0.180. The van der Waals surface area contributed by atoms with Gasteiger partial charge in [0.1, 0.15) is 6.04 Å². The maximum absolute atomic E-state index is 13.0. The minimum atomic E-state index is -4.10. The number of nitro benzene ring substituents is 1. The molecule has 0 bridgehead atoms. The van der Waals surface area contributed by atoms with Crippen molar-refractivity contribution in [3.63, 3.8) is 0 Å². The Morgan fingerprint density at radius 1 is 1.03 bits per heavy atom. The third kappa shape index (κ3) is 4.59. The Morgan fingerprint density at radius 3 is 2.42 bits per heavy atom. The fourth-order valence-corrected chi connectivity index (χ4v) is 4.43. The third-order valence-corrected chi connectivity index (χ3v) is 6.10. The molecule has 1 aliphatic rings. The van der Waals surface area contributed by atoms with Crippen LogP contribution in [0.5, 0.6) is 0 Å². The average molecular weight is 465 g/mol. The molecule has 0 spiro atoms. The number of sulfonamides is 1. The van der Waals surface area contributed by atoms with Gasteiger partial charge in [-0.15, -0.1) is 0 Å². The van der Waals surface area contributed by atoms with Gasteiger partial charge in [-0.3, -0.25) is 14.9 Å². The van der Waals surface area contributed by atoms with Gasteiger partial charge in [0, 0.05) is 24.2 Å². The minimum absolute atomic E-state index is 0.157. The maximum atomic E-state index is 13.0. The number of carbonyl (C=O) groups is 1. The summed E-state index contributed by atoms with van der Waals surface area (Å²) in [5.74, 6) is -0.345. The lowest BCUT2D eigenvalue weighted by Crippen LogP contribution is -2.48. The molecule has 0 saturated heterocycles. The lowest BCUT2D eigenvalue weighted by Gasteiger charge is -2.36. The molecule has 0 fully saturated rings. The van der Waals surface area contributed by atoms with E-state index in [1.807, 2.05) is 30.3 Å². The first-order valence-electron chi connectivity index (χ1n) is 9.80. The summed E-state index contributed by atoms with van der Waals surface area (Å²) < 4.78 is 24.5. The molecule has 1 aliphatic heterocycles. The van der Waals surface area contributed by atoms with Crippen molar-refractivity contribution in [1.29, 1.82) is 0 Å². The molecule has 1 amide bonds. The summed E-state index contributed by atoms with van der Waals surface area (Å²) in [5, 5.41) is 20.9. The van der Waals surface area contributed by atoms with Crippen LogP contribution in [-0.2, 0) is 21.4 Å². The molecule has 168 valence electrons. The van der Waals surface area contributed by atoms with Gasteiger partial charge in [0.05, 0.1) is 9.82 Å². The van der Waals surface area contributed by atoms with Crippen LogP contribution < -0.4 is 10.6 Å². The number of rotatable bonds is 6. The molecule has 4 rings (SSSR count). The van der Waals surface area contributed by atoms with E-state index in [4.69, 9.17) is 5.14 Å². The summed E-state index contributed by atoms with van der Waals surface area (Å²) in [6, 6.07) is 20.0. The van der Waals surface area contributed by atoms with Crippen molar-refractivity contribution in [2.24, 2.45) is 10.2 Å². The van der Waals surface area contributed by atoms with Crippen LogP contribution in [0, 0.1) is 10.1 Å². The van der Waals surface area contributed by atoms with Gasteiger partial charge in [-0.25, -0.2) is 19.0 Å². The summed E-state index contributed by atoms with van der Waals surface area (Å²) in [7, 11) is -4.10. The predicted octanol–water partition coefficient (Wildman–Crippen LogP) is 2.28. The summed E-state index contributed by atoms with van der Waals surface area (Å²) in [5.41, 5.74) is 3.63. The maximum Gasteiger partial charge on any atom is 0.269 e. The Hall–Kier alpha value is -4.09. The summed E-state index contributed by atoms with van der Waals surface area (Å²) >= 11 is 0. The number of nitrogens with one attached hydrogen (secondary N) is 1. The number of amides is 1. The van der Waals surface area contributed by atoms with E-state index in [-0.39, 0.29) is 28.5 Å². The number of hydrogen-bond donors (Lipinski definition) is 2. The molecule has 0 saturated carbocycles. The van der Waals surface area contributed by atoms with Gasteiger partial charge in [0.25, 0.3) is 11.6 Å². The fourth-order valence-electron chi connectivity index (χ4n) is 3.70. The number of amidine groups is 1. The first-order valence-corrected chi connectivity index (χ1v) is 11.3. The highest BCUT2D eigenvalue weighted by Crippen LogP contribution is 2.31. The molecule has 0 unspecified atom stereocenters. The normalized spacial score (nSPS) is 16.2. The number of carbonyl (C=O) groups excluding carboxylic acids is 1. The molecular formula is C22H19N5O5S. The van der Waals surface area contributed by atoms with E-state index in [0.29, 0.717) is 5.56 Å². The first kappa shape index (κ1) is 22.1. The van der Waals surface area contributed by atoms with Crippen LogP contribution in [-0.4, -0.2) is 30.0 Å². The quantitative estimate of drug-likeness (QED) is 0.421. The van der Waals surface area contributed by atoms with Crippen molar-refractivity contribution in [3.8, 4) is 0 Å². The first-order chi connectivity index (χ1) is 15.8. The van der Waals surface area contributed by atoms with E-state index in [2.05, 4.69) is 10.5 Å². The number of primary sulfonamides is 1. The molecule has 3 aromatic carbocycles. The van der Waals surface area contributed by atoms with Crippen molar-refractivity contribution in [3.05, 3.63) is 106 Å². The molecule has 3 N–H and O–H groups in total. The van der Waals surface area contributed by atoms with E-state index in [1.165, 1.54) is 30.3 Å². The molecule has 11 heteroatoms. The second kappa shape index (κ2) is 8.81. The van der Waals surface area contributed by atoms with Gasteiger partial charge < -0.3 is 4.90 Å². The predicted molar refractivity (Wildman–Crippen MR) is 120 cm³/mol. The van der Waals surface area contributed by atoms with Gasteiger partial charge in [0.2, 0.25) is 10.0 Å². The van der Waals surface area contributed by atoms with Gasteiger partial charge in [-0.1, -0.05) is 54.6 Å². The second-order valence-corrected chi connectivity index (χ2v) is 8.85. The third-order valence-electron chi connectivity index (χ3n) is 5.13. The summed E-state index contributed by atoms with van der Waals surface area (Å²) in [6.07, 6.45) is 0. The largest absolute Gasteiger partial charge is 0.334 e. The minimum Gasteiger partial charge on any atom is -0.334 e. The van der Waals surface area contributed by atoms with Crippen LogP contribution in [0.2, 0.25) is 0 Å². The number of nitrogens with zero attached hydrogens (tertiary/aromatic N) is 3. The van der Waals surface area contributed by atoms with Crippen molar-refractivity contribution in [1.82, 2.24) is 10.3 Å². The Morgan fingerprint density at radius 2 is 1.73 bits per heavy atom. The number of benzene rings is 3. The van der Waals surface area contributed by atoms with Crippen LogP contribution in [0.4, 0.5) is 5.69 Å². The van der Waals surface area contributed by atoms with Crippen LogP contribution in [0.1, 0.15) is 22.7 Å². The summed E-state index contributed by atoms with van der Waals surface area (Å²) in [4.78, 5) is 25.2. The lowest BCUT2D eigenvalue weighted by molar-refractivity contribution is -0.384. The molecule has 0 aromatic heterocycles. The van der Waals surface area contributed by atoms with Crippen LogP contribution >= 0.6 is 0 Å². The van der Waals surface area contributed by atoms with Crippen molar-refractivity contribution < 1.29 is 18.1 Å². The van der Waals surface area contributed by atoms with Gasteiger partial charge >= 0.3 is 0 Å². The Balaban J connectivity index is 1.89. The van der Waals surface area contributed by atoms with E-state index in [9.17, 15) is 23.3 Å². The number of nitro groups is 1. The Kier molecular flexibility index (Phi) is 5.90. The van der Waals surface area contributed by atoms with E-state index in [0.717, 1.165) is 5.56 Å². The van der Waals surface area contributed by atoms with Crippen LogP contribution in [0.3, 0.4) is 0 Å².